The standard InChI is InChI=1S/C14H13ClN2O3/c15-11-3-1-2-10(8-11)13-12(14(18)20-16-13)9-17-4-6-19-7-5-17/h1-3,8-9H,4-7H2/b12-9-. The van der Waals surface area contributed by atoms with Crippen LogP contribution in [0, 0.1) is 0 Å². The molecule has 20 heavy (non-hydrogen) atoms. The highest BCUT2D eigenvalue weighted by molar-refractivity contribution is 6.32. The largest absolute Gasteiger partial charge is 0.378 e. The van der Waals surface area contributed by atoms with Gasteiger partial charge >= 0.3 is 5.97 Å². The third-order valence-corrected chi connectivity index (χ3v) is 3.39. The minimum Gasteiger partial charge on any atom is -0.378 e. The van der Waals surface area contributed by atoms with Gasteiger partial charge in [0.15, 0.2) is 0 Å². The van der Waals surface area contributed by atoms with Crippen LogP contribution < -0.4 is 0 Å². The zero-order valence-electron chi connectivity index (χ0n) is 10.7. The Bertz CT molecular complexity index is 592. The van der Waals surface area contributed by atoms with Crippen LogP contribution in [0.2, 0.25) is 5.02 Å². The SMILES string of the molecule is O=C1ON=C(c2cccc(Cl)c2)/C1=C/N1CCOCC1. The molecule has 1 aromatic rings. The molecule has 0 N–H and O–H groups in total. The molecule has 0 radical (unpaired) electrons. The fraction of sp³-hybridized carbons (Fsp3) is 0.286. The van der Waals surface area contributed by atoms with Crippen LogP contribution in [-0.2, 0) is 14.4 Å². The molecular weight excluding hydrogens is 280 g/mol. The smallest absolute Gasteiger partial charge is 0.369 e. The third-order valence-electron chi connectivity index (χ3n) is 3.15. The predicted molar refractivity (Wildman–Crippen MR) is 74.6 cm³/mol. The topological polar surface area (TPSA) is 51.1 Å². The Kier molecular flexibility index (Phi) is 3.71. The van der Waals surface area contributed by atoms with Gasteiger partial charge in [0.25, 0.3) is 0 Å². The number of carbonyl (C=O) groups excluding carboxylic acids is 1. The van der Waals surface area contributed by atoms with E-state index in [1.54, 1.807) is 18.3 Å². The van der Waals surface area contributed by atoms with Crippen LogP contribution in [0.1, 0.15) is 5.56 Å². The van der Waals surface area contributed by atoms with Crippen molar-refractivity contribution in [3.8, 4) is 0 Å². The minimum atomic E-state index is -0.438. The summed E-state index contributed by atoms with van der Waals surface area (Å²) in [5.74, 6) is -0.438. The fourth-order valence-corrected chi connectivity index (χ4v) is 2.32. The van der Waals surface area contributed by atoms with E-state index in [1.165, 1.54) is 0 Å². The Labute approximate surface area is 121 Å². The zero-order valence-corrected chi connectivity index (χ0v) is 11.5. The average Bonchev–Trinajstić information content (AvgIpc) is 2.82. The molecule has 2 aliphatic rings. The number of oxime groups is 1. The molecule has 1 saturated heterocycles. The lowest BCUT2D eigenvalue weighted by atomic mass is 10.0. The summed E-state index contributed by atoms with van der Waals surface area (Å²) in [5.41, 5.74) is 1.74. The zero-order chi connectivity index (χ0) is 13.9. The minimum absolute atomic E-state index is 0.438. The van der Waals surface area contributed by atoms with E-state index in [0.717, 1.165) is 18.7 Å². The van der Waals surface area contributed by atoms with Crippen LogP contribution >= 0.6 is 11.6 Å². The van der Waals surface area contributed by atoms with Gasteiger partial charge in [0.2, 0.25) is 0 Å². The molecule has 0 saturated carbocycles. The molecule has 3 rings (SSSR count). The maximum Gasteiger partial charge on any atom is 0.369 e. The van der Waals surface area contributed by atoms with E-state index in [0.29, 0.717) is 29.5 Å². The van der Waals surface area contributed by atoms with Gasteiger partial charge in [0.05, 0.1) is 13.2 Å². The van der Waals surface area contributed by atoms with E-state index < -0.39 is 5.97 Å². The van der Waals surface area contributed by atoms with Crippen molar-refractivity contribution < 1.29 is 14.4 Å². The van der Waals surface area contributed by atoms with Gasteiger partial charge in [0.1, 0.15) is 11.3 Å². The Balaban J connectivity index is 1.90. The van der Waals surface area contributed by atoms with Crippen LogP contribution in [0.5, 0.6) is 0 Å². The number of nitrogens with zero attached hydrogens (tertiary/aromatic N) is 2. The summed E-state index contributed by atoms with van der Waals surface area (Å²) in [4.78, 5) is 18.6. The van der Waals surface area contributed by atoms with E-state index in [9.17, 15) is 4.79 Å². The van der Waals surface area contributed by atoms with Gasteiger partial charge in [-0.25, -0.2) is 4.79 Å². The van der Waals surface area contributed by atoms with E-state index in [4.69, 9.17) is 21.2 Å². The summed E-state index contributed by atoms with van der Waals surface area (Å²) in [5, 5.41) is 4.45. The van der Waals surface area contributed by atoms with Crippen molar-refractivity contribution in [1.82, 2.24) is 4.90 Å². The van der Waals surface area contributed by atoms with Crippen molar-refractivity contribution in [2.75, 3.05) is 26.3 Å². The van der Waals surface area contributed by atoms with Crippen molar-refractivity contribution in [3.63, 3.8) is 0 Å². The second-order valence-electron chi connectivity index (χ2n) is 4.52. The summed E-state index contributed by atoms with van der Waals surface area (Å²) < 4.78 is 5.28. The molecule has 0 bridgehead atoms. The molecule has 0 aliphatic carbocycles. The van der Waals surface area contributed by atoms with E-state index in [-0.39, 0.29) is 0 Å². The number of carbonyl (C=O) groups is 1. The molecule has 5 nitrogen and oxygen atoms in total. The first-order valence-corrected chi connectivity index (χ1v) is 6.71. The molecule has 0 amide bonds. The highest BCUT2D eigenvalue weighted by Crippen LogP contribution is 2.21. The van der Waals surface area contributed by atoms with Gasteiger partial charge in [-0.1, -0.05) is 28.9 Å². The number of hydrogen-bond donors (Lipinski definition) is 0. The first-order chi connectivity index (χ1) is 9.74. The lowest BCUT2D eigenvalue weighted by Gasteiger charge is -2.25. The first kappa shape index (κ1) is 13.1. The normalized spacial score (nSPS) is 21.1. The van der Waals surface area contributed by atoms with Gasteiger partial charge in [-0.3, -0.25) is 0 Å². The van der Waals surface area contributed by atoms with Gasteiger partial charge in [-0.05, 0) is 12.1 Å². The van der Waals surface area contributed by atoms with Gasteiger partial charge in [-0.15, -0.1) is 0 Å². The second kappa shape index (κ2) is 5.64. The Morgan fingerprint density at radius 1 is 1.30 bits per heavy atom. The maximum absolute atomic E-state index is 11.8. The Morgan fingerprint density at radius 3 is 2.85 bits per heavy atom. The summed E-state index contributed by atoms with van der Waals surface area (Å²) in [7, 11) is 0. The van der Waals surface area contributed by atoms with Crippen molar-refractivity contribution in [2.45, 2.75) is 0 Å². The van der Waals surface area contributed by atoms with Gasteiger partial charge in [0, 0.05) is 29.9 Å². The lowest BCUT2D eigenvalue weighted by molar-refractivity contribution is -0.137. The number of morpholine rings is 1. The van der Waals surface area contributed by atoms with Crippen LogP contribution in [0.4, 0.5) is 0 Å². The van der Waals surface area contributed by atoms with Crippen LogP contribution in [-0.4, -0.2) is 42.9 Å². The van der Waals surface area contributed by atoms with Crippen LogP contribution in [0.3, 0.4) is 0 Å². The predicted octanol–water partition coefficient (Wildman–Crippen LogP) is 1.82. The third kappa shape index (κ3) is 2.69. The molecule has 104 valence electrons. The number of rotatable bonds is 2. The first-order valence-electron chi connectivity index (χ1n) is 6.33. The van der Waals surface area contributed by atoms with Crippen LogP contribution in [0.15, 0.2) is 41.2 Å². The fourth-order valence-electron chi connectivity index (χ4n) is 2.13. The highest BCUT2D eigenvalue weighted by atomic mass is 35.5. The molecular formula is C14H13ClN2O3. The van der Waals surface area contributed by atoms with E-state index >= 15 is 0 Å². The number of benzene rings is 1. The number of halogens is 1. The van der Waals surface area contributed by atoms with Crippen molar-refractivity contribution in [3.05, 3.63) is 46.6 Å². The number of ether oxygens (including phenoxy) is 1. The molecule has 0 aromatic heterocycles. The highest BCUT2D eigenvalue weighted by Gasteiger charge is 2.28. The van der Waals surface area contributed by atoms with E-state index in [2.05, 4.69) is 5.16 Å². The average molecular weight is 293 g/mol. The summed E-state index contributed by atoms with van der Waals surface area (Å²) in [6.45, 7) is 2.81. The molecule has 1 aromatic carbocycles. The summed E-state index contributed by atoms with van der Waals surface area (Å²) in [6, 6.07) is 7.19. The van der Waals surface area contributed by atoms with Crippen molar-refractivity contribution >= 4 is 23.3 Å². The molecule has 0 atom stereocenters. The monoisotopic (exact) mass is 292 g/mol. The Hall–Kier alpha value is -1.85. The molecule has 0 spiro atoms. The van der Waals surface area contributed by atoms with E-state index in [1.807, 2.05) is 17.0 Å². The molecule has 6 heteroatoms. The second-order valence-corrected chi connectivity index (χ2v) is 4.96. The summed E-state index contributed by atoms with van der Waals surface area (Å²) in [6.07, 6.45) is 1.79. The van der Waals surface area contributed by atoms with Crippen molar-refractivity contribution in [1.29, 1.82) is 0 Å². The van der Waals surface area contributed by atoms with Gasteiger partial charge < -0.3 is 14.5 Å². The maximum atomic E-state index is 11.8. The van der Waals surface area contributed by atoms with Gasteiger partial charge in [-0.2, -0.15) is 0 Å². The molecule has 2 heterocycles. The quantitative estimate of drug-likeness (QED) is 0.616. The molecule has 2 aliphatic heterocycles. The Morgan fingerprint density at radius 2 is 2.10 bits per heavy atom. The summed E-state index contributed by atoms with van der Waals surface area (Å²) >= 11 is 5.97. The lowest BCUT2D eigenvalue weighted by Crippen LogP contribution is -2.33. The molecule has 1 fully saturated rings. The number of hydrogen-bond acceptors (Lipinski definition) is 5. The van der Waals surface area contributed by atoms with Crippen molar-refractivity contribution in [2.24, 2.45) is 5.16 Å². The molecule has 0 unspecified atom stereocenters. The van der Waals surface area contributed by atoms with Crippen LogP contribution in [0.25, 0.3) is 0 Å².